The third kappa shape index (κ3) is 2.71. The van der Waals surface area contributed by atoms with Gasteiger partial charge in [0, 0.05) is 12.1 Å². The highest BCUT2D eigenvalue weighted by atomic mass is 15.2. The molecule has 3 aliphatic rings. The molecule has 1 aliphatic heterocycles. The summed E-state index contributed by atoms with van der Waals surface area (Å²) in [5.74, 6) is 2.77. The lowest BCUT2D eigenvalue weighted by atomic mass is 9.75. The van der Waals surface area contributed by atoms with Crippen LogP contribution in [0.1, 0.15) is 64.7 Å². The maximum Gasteiger partial charge on any atom is 0.0141 e. The lowest BCUT2D eigenvalue weighted by Crippen LogP contribution is -2.50. The van der Waals surface area contributed by atoms with Gasteiger partial charge in [-0.1, -0.05) is 32.6 Å². The summed E-state index contributed by atoms with van der Waals surface area (Å²) in [7, 11) is 0. The van der Waals surface area contributed by atoms with Gasteiger partial charge in [-0.3, -0.25) is 4.90 Å². The number of fused-ring (bicyclic) bond motifs is 1. The van der Waals surface area contributed by atoms with Gasteiger partial charge in [-0.2, -0.15) is 0 Å². The van der Waals surface area contributed by atoms with Crippen molar-refractivity contribution < 1.29 is 0 Å². The fraction of sp³-hybridized carbons (Fsp3) is 1.00. The molecule has 2 N–H and O–H groups in total. The van der Waals surface area contributed by atoms with E-state index in [9.17, 15) is 0 Å². The standard InChI is InChI=1S/C17H32N2/c1-2-13-7-8-15(12-18)17(11-13)19-10-9-14-5-3-4-6-16(14)19/h13-17H,2-12,18H2,1H3. The number of rotatable bonds is 3. The van der Waals surface area contributed by atoms with E-state index in [4.69, 9.17) is 5.73 Å². The zero-order valence-corrected chi connectivity index (χ0v) is 12.7. The predicted octanol–water partition coefficient (Wildman–Crippen LogP) is 3.40. The largest absolute Gasteiger partial charge is 0.330 e. The van der Waals surface area contributed by atoms with Crippen LogP contribution >= 0.6 is 0 Å². The summed E-state index contributed by atoms with van der Waals surface area (Å²) in [4.78, 5) is 2.92. The molecule has 0 aromatic heterocycles. The number of hydrogen-bond donors (Lipinski definition) is 1. The Kier molecular flexibility index (Phi) is 4.48. The van der Waals surface area contributed by atoms with Crippen molar-refractivity contribution in [3.8, 4) is 0 Å². The Morgan fingerprint density at radius 3 is 2.63 bits per heavy atom. The Bertz CT molecular complexity index is 291. The Morgan fingerprint density at radius 1 is 1.00 bits per heavy atom. The second-order valence-corrected chi connectivity index (χ2v) is 7.29. The summed E-state index contributed by atoms with van der Waals surface area (Å²) in [5.41, 5.74) is 6.09. The quantitative estimate of drug-likeness (QED) is 0.846. The minimum atomic E-state index is 0.781. The Hall–Kier alpha value is -0.0800. The highest BCUT2D eigenvalue weighted by Crippen LogP contribution is 2.42. The molecule has 5 atom stereocenters. The van der Waals surface area contributed by atoms with Crippen molar-refractivity contribution in [2.75, 3.05) is 13.1 Å². The normalized spacial score (nSPS) is 44.2. The Balaban J connectivity index is 1.71. The van der Waals surface area contributed by atoms with Crippen molar-refractivity contribution in [3.05, 3.63) is 0 Å². The van der Waals surface area contributed by atoms with Crippen molar-refractivity contribution in [3.63, 3.8) is 0 Å². The minimum absolute atomic E-state index is 0.781. The Morgan fingerprint density at radius 2 is 1.84 bits per heavy atom. The summed E-state index contributed by atoms with van der Waals surface area (Å²) >= 11 is 0. The van der Waals surface area contributed by atoms with Crippen LogP contribution in [0.3, 0.4) is 0 Å². The van der Waals surface area contributed by atoms with Gasteiger partial charge in [-0.25, -0.2) is 0 Å². The molecule has 19 heavy (non-hydrogen) atoms. The molecule has 0 aromatic rings. The first-order valence-electron chi connectivity index (χ1n) is 8.79. The van der Waals surface area contributed by atoms with Crippen molar-refractivity contribution in [1.82, 2.24) is 4.90 Å². The van der Waals surface area contributed by atoms with Crippen LogP contribution in [-0.4, -0.2) is 30.1 Å². The summed E-state index contributed by atoms with van der Waals surface area (Å²) in [6.45, 7) is 4.65. The molecular formula is C17H32N2. The molecule has 3 fully saturated rings. The van der Waals surface area contributed by atoms with Crippen LogP contribution in [0.15, 0.2) is 0 Å². The first-order chi connectivity index (χ1) is 9.33. The van der Waals surface area contributed by atoms with E-state index < -0.39 is 0 Å². The van der Waals surface area contributed by atoms with Crippen LogP contribution in [0.4, 0.5) is 0 Å². The van der Waals surface area contributed by atoms with Gasteiger partial charge in [0.15, 0.2) is 0 Å². The molecular weight excluding hydrogens is 232 g/mol. The van der Waals surface area contributed by atoms with E-state index in [1.165, 1.54) is 64.3 Å². The molecule has 3 rings (SSSR count). The molecule has 2 aliphatic carbocycles. The fourth-order valence-corrected chi connectivity index (χ4v) is 5.20. The van der Waals surface area contributed by atoms with Crippen molar-refractivity contribution in [2.45, 2.75) is 76.8 Å². The van der Waals surface area contributed by atoms with Gasteiger partial charge in [-0.15, -0.1) is 0 Å². The van der Waals surface area contributed by atoms with Crippen LogP contribution in [0.2, 0.25) is 0 Å². The SMILES string of the molecule is CCC1CCC(CN)C(N2CCC3CCCCC32)C1. The van der Waals surface area contributed by atoms with E-state index in [1.807, 2.05) is 0 Å². The lowest BCUT2D eigenvalue weighted by molar-refractivity contribution is 0.0515. The number of likely N-dealkylation sites (tertiary alicyclic amines) is 1. The van der Waals surface area contributed by atoms with Crippen LogP contribution < -0.4 is 5.73 Å². The van der Waals surface area contributed by atoms with Gasteiger partial charge in [0.05, 0.1) is 0 Å². The minimum Gasteiger partial charge on any atom is -0.330 e. The van der Waals surface area contributed by atoms with Crippen LogP contribution in [0.5, 0.6) is 0 Å². The number of nitrogens with zero attached hydrogens (tertiary/aromatic N) is 1. The van der Waals surface area contributed by atoms with Crippen molar-refractivity contribution >= 4 is 0 Å². The van der Waals surface area contributed by atoms with Gasteiger partial charge in [0.1, 0.15) is 0 Å². The molecule has 110 valence electrons. The average Bonchev–Trinajstić information content (AvgIpc) is 2.90. The van der Waals surface area contributed by atoms with Crippen molar-refractivity contribution in [2.24, 2.45) is 23.5 Å². The maximum atomic E-state index is 6.09. The smallest absolute Gasteiger partial charge is 0.0141 e. The number of hydrogen-bond acceptors (Lipinski definition) is 2. The highest BCUT2D eigenvalue weighted by Gasteiger charge is 2.42. The fourth-order valence-electron chi connectivity index (χ4n) is 5.20. The summed E-state index contributed by atoms with van der Waals surface area (Å²) < 4.78 is 0. The zero-order valence-electron chi connectivity index (χ0n) is 12.7. The first-order valence-corrected chi connectivity index (χ1v) is 8.79. The topological polar surface area (TPSA) is 29.3 Å². The molecule has 0 amide bonds. The molecule has 0 spiro atoms. The molecule has 0 radical (unpaired) electrons. The molecule has 5 unspecified atom stereocenters. The molecule has 2 nitrogen and oxygen atoms in total. The highest BCUT2D eigenvalue weighted by molar-refractivity contribution is 4.97. The van der Waals surface area contributed by atoms with Gasteiger partial charge in [0.25, 0.3) is 0 Å². The predicted molar refractivity (Wildman–Crippen MR) is 81.0 cm³/mol. The second kappa shape index (κ2) is 6.13. The molecule has 1 saturated heterocycles. The third-order valence-corrected chi connectivity index (χ3v) is 6.42. The van der Waals surface area contributed by atoms with Gasteiger partial charge < -0.3 is 5.73 Å². The summed E-state index contributed by atoms with van der Waals surface area (Å²) in [6, 6.07) is 1.74. The van der Waals surface area contributed by atoms with E-state index in [0.29, 0.717) is 0 Å². The molecule has 1 heterocycles. The molecule has 2 heteroatoms. The second-order valence-electron chi connectivity index (χ2n) is 7.29. The number of nitrogens with two attached hydrogens (primary N) is 1. The van der Waals surface area contributed by atoms with Crippen LogP contribution in [-0.2, 0) is 0 Å². The Labute approximate surface area is 119 Å². The maximum absolute atomic E-state index is 6.09. The molecule has 0 bridgehead atoms. The van der Waals surface area contributed by atoms with Gasteiger partial charge in [0.2, 0.25) is 0 Å². The van der Waals surface area contributed by atoms with Crippen LogP contribution in [0.25, 0.3) is 0 Å². The molecule has 0 aromatic carbocycles. The first kappa shape index (κ1) is 13.9. The van der Waals surface area contributed by atoms with Gasteiger partial charge >= 0.3 is 0 Å². The monoisotopic (exact) mass is 264 g/mol. The van der Waals surface area contributed by atoms with Crippen LogP contribution in [0, 0.1) is 17.8 Å². The zero-order chi connectivity index (χ0) is 13.2. The lowest BCUT2D eigenvalue weighted by Gasteiger charge is -2.45. The van der Waals surface area contributed by atoms with E-state index in [0.717, 1.165) is 36.4 Å². The van der Waals surface area contributed by atoms with E-state index >= 15 is 0 Å². The van der Waals surface area contributed by atoms with Gasteiger partial charge in [-0.05, 0) is 62.9 Å². The summed E-state index contributed by atoms with van der Waals surface area (Å²) in [6.07, 6.45) is 13.0. The third-order valence-electron chi connectivity index (χ3n) is 6.42. The summed E-state index contributed by atoms with van der Waals surface area (Å²) in [5, 5.41) is 0. The average molecular weight is 264 g/mol. The van der Waals surface area contributed by atoms with E-state index in [2.05, 4.69) is 11.8 Å². The molecule has 2 saturated carbocycles. The van der Waals surface area contributed by atoms with E-state index in [1.54, 1.807) is 0 Å². The van der Waals surface area contributed by atoms with Crippen molar-refractivity contribution in [1.29, 1.82) is 0 Å². The van der Waals surface area contributed by atoms with E-state index in [-0.39, 0.29) is 0 Å².